The minimum Gasteiger partial charge on any atom is -0.292 e. The van der Waals surface area contributed by atoms with Gasteiger partial charge in [0.05, 0.1) is 11.0 Å². The molecule has 0 unspecified atom stereocenters. The molecule has 0 aliphatic rings. The van der Waals surface area contributed by atoms with Gasteiger partial charge in [0.25, 0.3) is 0 Å². The molecule has 0 amide bonds. The molecule has 9 aromatic carbocycles. The number of aromatic nitrogens is 2. The molecular formula is C49H36N2. The smallest absolute Gasteiger partial charge is 0.145 e. The second-order valence-electron chi connectivity index (χ2n) is 14.9. The zero-order chi connectivity index (χ0) is 34.3. The van der Waals surface area contributed by atoms with Gasteiger partial charge in [-0.25, -0.2) is 4.98 Å². The molecule has 0 atom stereocenters. The van der Waals surface area contributed by atoms with Gasteiger partial charge in [0.2, 0.25) is 0 Å². The minimum atomic E-state index is 0.0640. The Hall–Kier alpha value is -6.25. The van der Waals surface area contributed by atoms with Gasteiger partial charge in [0.1, 0.15) is 5.82 Å². The number of fused-ring (bicyclic) bond motifs is 2. The molecule has 10 rings (SSSR count). The van der Waals surface area contributed by atoms with Crippen LogP contribution in [0.1, 0.15) is 26.3 Å². The summed E-state index contributed by atoms with van der Waals surface area (Å²) in [7, 11) is 0. The van der Waals surface area contributed by atoms with Gasteiger partial charge in [-0.3, -0.25) is 4.57 Å². The Kier molecular flexibility index (Phi) is 6.47. The molecule has 0 fully saturated rings. The summed E-state index contributed by atoms with van der Waals surface area (Å²) in [4.78, 5) is 5.08. The van der Waals surface area contributed by atoms with Crippen molar-refractivity contribution in [2.75, 3.05) is 0 Å². The van der Waals surface area contributed by atoms with Crippen molar-refractivity contribution >= 4 is 54.1 Å². The fourth-order valence-corrected chi connectivity index (χ4v) is 8.04. The molecule has 0 aliphatic heterocycles. The van der Waals surface area contributed by atoms with Crippen LogP contribution in [0.25, 0.3) is 93.5 Å². The van der Waals surface area contributed by atoms with E-state index in [0.717, 1.165) is 28.1 Å². The van der Waals surface area contributed by atoms with Crippen LogP contribution < -0.4 is 0 Å². The first kappa shape index (κ1) is 29.6. The molecule has 1 heterocycles. The lowest BCUT2D eigenvalue weighted by molar-refractivity contribution is 0.591. The second-order valence-corrected chi connectivity index (χ2v) is 14.9. The third kappa shape index (κ3) is 4.75. The van der Waals surface area contributed by atoms with Crippen molar-refractivity contribution in [2.24, 2.45) is 0 Å². The number of imidazole rings is 1. The predicted molar refractivity (Wildman–Crippen MR) is 217 cm³/mol. The molecular weight excluding hydrogens is 617 g/mol. The van der Waals surface area contributed by atoms with Crippen LogP contribution in [0.2, 0.25) is 0 Å². The van der Waals surface area contributed by atoms with Crippen LogP contribution in [0, 0.1) is 0 Å². The Labute approximate surface area is 297 Å². The Morgan fingerprint density at radius 2 is 1.06 bits per heavy atom. The number of nitrogens with zero attached hydrogens (tertiary/aromatic N) is 2. The quantitative estimate of drug-likeness (QED) is 0.173. The second kappa shape index (κ2) is 11.1. The first-order valence-corrected chi connectivity index (χ1v) is 17.8. The Bertz CT molecular complexity index is 2900. The summed E-state index contributed by atoms with van der Waals surface area (Å²) in [6, 6.07) is 60.1. The highest BCUT2D eigenvalue weighted by atomic mass is 15.1. The van der Waals surface area contributed by atoms with Crippen LogP contribution in [0.15, 0.2) is 164 Å². The average Bonchev–Trinajstić information content (AvgIpc) is 3.56. The fourth-order valence-electron chi connectivity index (χ4n) is 8.04. The van der Waals surface area contributed by atoms with Gasteiger partial charge in [-0.1, -0.05) is 148 Å². The van der Waals surface area contributed by atoms with E-state index in [9.17, 15) is 0 Å². The summed E-state index contributed by atoms with van der Waals surface area (Å²) in [6.07, 6.45) is 0. The van der Waals surface area contributed by atoms with Crippen molar-refractivity contribution in [1.82, 2.24) is 9.55 Å². The molecule has 0 spiro atoms. The van der Waals surface area contributed by atoms with E-state index in [4.69, 9.17) is 4.98 Å². The van der Waals surface area contributed by atoms with Crippen LogP contribution >= 0.6 is 0 Å². The van der Waals surface area contributed by atoms with Crippen LogP contribution in [0.5, 0.6) is 0 Å². The molecule has 0 aliphatic carbocycles. The maximum Gasteiger partial charge on any atom is 0.145 e. The van der Waals surface area contributed by atoms with Gasteiger partial charge < -0.3 is 0 Å². The van der Waals surface area contributed by atoms with Crippen LogP contribution in [0.3, 0.4) is 0 Å². The number of hydrogen-bond acceptors (Lipinski definition) is 1. The van der Waals surface area contributed by atoms with Crippen molar-refractivity contribution in [2.45, 2.75) is 26.2 Å². The monoisotopic (exact) mass is 652 g/mol. The molecule has 0 N–H and O–H groups in total. The minimum absolute atomic E-state index is 0.0640. The number of benzene rings is 9. The molecule has 2 nitrogen and oxygen atoms in total. The van der Waals surface area contributed by atoms with Crippen LogP contribution in [-0.2, 0) is 5.41 Å². The van der Waals surface area contributed by atoms with E-state index >= 15 is 0 Å². The van der Waals surface area contributed by atoms with Crippen molar-refractivity contribution in [1.29, 1.82) is 0 Å². The lowest BCUT2D eigenvalue weighted by Gasteiger charge is -2.23. The summed E-state index contributed by atoms with van der Waals surface area (Å²) in [5.74, 6) is 0.945. The van der Waals surface area contributed by atoms with Crippen LogP contribution in [-0.4, -0.2) is 9.55 Å². The highest BCUT2D eigenvalue weighted by molar-refractivity contribution is 6.28. The normalized spacial score (nSPS) is 12.2. The van der Waals surface area contributed by atoms with E-state index in [1.165, 1.54) is 70.9 Å². The number of para-hydroxylation sites is 2. The molecule has 242 valence electrons. The molecule has 0 bridgehead atoms. The van der Waals surface area contributed by atoms with Gasteiger partial charge in [-0.15, -0.1) is 0 Å². The van der Waals surface area contributed by atoms with Crippen molar-refractivity contribution in [3.8, 4) is 39.3 Å². The largest absolute Gasteiger partial charge is 0.292 e. The summed E-state index contributed by atoms with van der Waals surface area (Å²) in [5, 5.41) is 10.4. The lowest BCUT2D eigenvalue weighted by Crippen LogP contribution is -2.10. The van der Waals surface area contributed by atoms with Gasteiger partial charge in [-0.2, -0.15) is 0 Å². The van der Waals surface area contributed by atoms with Gasteiger partial charge in [-0.05, 0) is 113 Å². The third-order valence-corrected chi connectivity index (χ3v) is 10.7. The summed E-state index contributed by atoms with van der Waals surface area (Å²) < 4.78 is 2.28. The standard InChI is InChI=1S/C49H36N2/c1-49(2,3)38-28-36-21-25-40-42(30-43(41-26-22-37(29-38)46(36)47(40)41)35-18-17-31-11-7-8-14-34(31)27-35)32-19-23-39(24-20-32)51-45-16-10-9-15-44(45)50-48(51)33-12-5-4-6-13-33/h4-30H,1-3H3. The molecule has 0 saturated heterocycles. The van der Waals surface area contributed by atoms with Crippen molar-refractivity contribution in [3.05, 3.63) is 169 Å². The van der Waals surface area contributed by atoms with E-state index < -0.39 is 0 Å². The van der Waals surface area contributed by atoms with Crippen LogP contribution in [0.4, 0.5) is 0 Å². The van der Waals surface area contributed by atoms with E-state index in [1.54, 1.807) is 0 Å². The topological polar surface area (TPSA) is 17.8 Å². The maximum absolute atomic E-state index is 5.08. The zero-order valence-electron chi connectivity index (χ0n) is 29.0. The fraction of sp³-hybridized carbons (Fsp3) is 0.0816. The molecule has 1 aromatic heterocycles. The molecule has 51 heavy (non-hydrogen) atoms. The average molecular weight is 653 g/mol. The van der Waals surface area contributed by atoms with E-state index in [0.29, 0.717) is 0 Å². The summed E-state index contributed by atoms with van der Waals surface area (Å²) in [6.45, 7) is 6.90. The first-order chi connectivity index (χ1) is 24.9. The molecule has 0 radical (unpaired) electrons. The Balaban J connectivity index is 1.22. The highest BCUT2D eigenvalue weighted by Gasteiger charge is 2.21. The molecule has 0 saturated carbocycles. The highest BCUT2D eigenvalue weighted by Crippen LogP contribution is 2.45. The summed E-state index contributed by atoms with van der Waals surface area (Å²) >= 11 is 0. The SMILES string of the molecule is CC(C)(C)c1cc2ccc3c(-c4ccc(-n5c(-c6ccccc6)nc6ccccc65)cc4)cc(-c4ccc5ccccc5c4)c4ccc(c1)c2c34. The first-order valence-electron chi connectivity index (χ1n) is 17.8. The van der Waals surface area contributed by atoms with Gasteiger partial charge >= 0.3 is 0 Å². The number of rotatable bonds is 4. The molecule has 2 heteroatoms. The predicted octanol–water partition coefficient (Wildman–Crippen LogP) is 13.4. The van der Waals surface area contributed by atoms with E-state index in [-0.39, 0.29) is 5.41 Å². The van der Waals surface area contributed by atoms with E-state index in [2.05, 4.69) is 189 Å². The lowest BCUT2D eigenvalue weighted by atomic mass is 9.81. The maximum atomic E-state index is 5.08. The summed E-state index contributed by atoms with van der Waals surface area (Å²) in [5.41, 5.74) is 10.6. The van der Waals surface area contributed by atoms with Crippen molar-refractivity contribution in [3.63, 3.8) is 0 Å². The van der Waals surface area contributed by atoms with Crippen molar-refractivity contribution < 1.29 is 0 Å². The third-order valence-electron chi connectivity index (χ3n) is 10.7. The molecule has 10 aromatic rings. The zero-order valence-corrected chi connectivity index (χ0v) is 29.0. The number of hydrogen-bond donors (Lipinski definition) is 0. The van der Waals surface area contributed by atoms with Gasteiger partial charge in [0.15, 0.2) is 0 Å². The Morgan fingerprint density at radius 3 is 1.78 bits per heavy atom. The van der Waals surface area contributed by atoms with Gasteiger partial charge in [0, 0.05) is 11.3 Å². The van der Waals surface area contributed by atoms with E-state index in [1.807, 2.05) is 0 Å². The Morgan fingerprint density at radius 1 is 0.451 bits per heavy atom.